The first-order valence-corrected chi connectivity index (χ1v) is 10.0. The van der Waals surface area contributed by atoms with Crippen LogP contribution in [0.2, 0.25) is 0 Å². The summed E-state index contributed by atoms with van der Waals surface area (Å²) in [6, 6.07) is 6.27. The van der Waals surface area contributed by atoms with Crippen LogP contribution in [0, 0.1) is 12.8 Å². The van der Waals surface area contributed by atoms with Gasteiger partial charge in [0.1, 0.15) is 11.7 Å². The summed E-state index contributed by atoms with van der Waals surface area (Å²) in [5.74, 6) is 0.308. The SMILES string of the molecule is Cc1ccc(S(=O)(=O)NC(=O)O[C@H]2C[C@@]3(C(C)C)CC[C@@]2(C)O3)cc1. The van der Waals surface area contributed by atoms with E-state index in [1.165, 1.54) is 12.1 Å². The minimum absolute atomic E-state index is 0.0316. The molecule has 0 unspecified atom stereocenters. The predicted octanol–water partition coefficient (Wildman–Crippen LogP) is 3.15. The second-order valence-corrected chi connectivity index (χ2v) is 9.33. The van der Waals surface area contributed by atoms with Gasteiger partial charge in [-0.05, 0) is 44.7 Å². The van der Waals surface area contributed by atoms with E-state index in [9.17, 15) is 13.2 Å². The Balaban J connectivity index is 1.68. The van der Waals surface area contributed by atoms with Crippen LogP contribution in [0.15, 0.2) is 29.2 Å². The number of sulfonamides is 1. The van der Waals surface area contributed by atoms with Crippen molar-refractivity contribution in [2.45, 2.75) is 69.2 Å². The number of benzene rings is 1. The van der Waals surface area contributed by atoms with Crippen LogP contribution in [0.3, 0.4) is 0 Å². The molecule has 0 aliphatic carbocycles. The van der Waals surface area contributed by atoms with Crippen molar-refractivity contribution in [3.63, 3.8) is 0 Å². The van der Waals surface area contributed by atoms with Crippen molar-refractivity contribution >= 4 is 16.1 Å². The summed E-state index contributed by atoms with van der Waals surface area (Å²) in [6.45, 7) is 7.97. The number of rotatable bonds is 4. The smallest absolute Gasteiger partial charge is 0.421 e. The van der Waals surface area contributed by atoms with Gasteiger partial charge in [0.15, 0.2) is 0 Å². The Labute approximate surface area is 148 Å². The van der Waals surface area contributed by atoms with Crippen LogP contribution in [-0.2, 0) is 19.5 Å². The summed E-state index contributed by atoms with van der Waals surface area (Å²) in [4.78, 5) is 12.2. The highest BCUT2D eigenvalue weighted by Gasteiger charge is 2.61. The van der Waals surface area contributed by atoms with Gasteiger partial charge in [-0.3, -0.25) is 0 Å². The molecule has 3 atom stereocenters. The number of ether oxygens (including phenoxy) is 2. The average molecular weight is 367 g/mol. The van der Waals surface area contributed by atoms with E-state index in [1.807, 2.05) is 18.6 Å². The van der Waals surface area contributed by atoms with Gasteiger partial charge < -0.3 is 9.47 Å². The van der Waals surface area contributed by atoms with E-state index in [-0.39, 0.29) is 10.5 Å². The van der Waals surface area contributed by atoms with E-state index in [0.29, 0.717) is 12.3 Å². The molecule has 0 spiro atoms. The normalized spacial score (nSPS) is 31.3. The van der Waals surface area contributed by atoms with E-state index < -0.39 is 27.8 Å². The molecule has 1 aromatic rings. The van der Waals surface area contributed by atoms with Gasteiger partial charge in [-0.1, -0.05) is 31.5 Å². The first kappa shape index (κ1) is 18.2. The highest BCUT2D eigenvalue weighted by Crippen LogP contribution is 2.54. The maximum Gasteiger partial charge on any atom is 0.421 e. The first-order chi connectivity index (χ1) is 11.6. The maximum absolute atomic E-state index is 12.3. The lowest BCUT2D eigenvalue weighted by Crippen LogP contribution is -2.43. The molecular formula is C18H25NO5S. The molecule has 1 N–H and O–H groups in total. The molecule has 2 heterocycles. The zero-order chi connectivity index (χ0) is 18.5. The molecule has 2 aliphatic rings. The third-order valence-corrected chi connectivity index (χ3v) is 6.87. The van der Waals surface area contributed by atoms with E-state index in [2.05, 4.69) is 13.8 Å². The Morgan fingerprint density at radius 1 is 1.28 bits per heavy atom. The van der Waals surface area contributed by atoms with E-state index in [4.69, 9.17) is 9.47 Å². The average Bonchev–Trinajstić information content (AvgIpc) is 2.99. The lowest BCUT2D eigenvalue weighted by Gasteiger charge is -2.31. The summed E-state index contributed by atoms with van der Waals surface area (Å²) in [5.41, 5.74) is 0.109. The molecule has 1 amide bonds. The van der Waals surface area contributed by atoms with E-state index >= 15 is 0 Å². The van der Waals surface area contributed by atoms with Gasteiger partial charge in [0.25, 0.3) is 10.0 Å². The van der Waals surface area contributed by atoms with Crippen molar-refractivity contribution in [2.24, 2.45) is 5.92 Å². The topological polar surface area (TPSA) is 81.7 Å². The Morgan fingerprint density at radius 2 is 1.92 bits per heavy atom. The van der Waals surface area contributed by atoms with Crippen molar-refractivity contribution in [3.05, 3.63) is 29.8 Å². The van der Waals surface area contributed by atoms with Gasteiger partial charge in [-0.25, -0.2) is 17.9 Å². The number of carbonyl (C=O) groups is 1. The van der Waals surface area contributed by atoms with Crippen LogP contribution in [0.4, 0.5) is 4.79 Å². The predicted molar refractivity (Wildman–Crippen MR) is 92.7 cm³/mol. The summed E-state index contributed by atoms with van der Waals surface area (Å²) >= 11 is 0. The van der Waals surface area contributed by atoms with Crippen LogP contribution < -0.4 is 4.72 Å². The molecule has 0 saturated carbocycles. The summed E-state index contributed by atoms with van der Waals surface area (Å²) in [7, 11) is -3.95. The van der Waals surface area contributed by atoms with Crippen molar-refractivity contribution in [2.75, 3.05) is 0 Å². The highest BCUT2D eigenvalue weighted by molar-refractivity contribution is 7.90. The van der Waals surface area contributed by atoms with Crippen LogP contribution in [0.5, 0.6) is 0 Å². The zero-order valence-electron chi connectivity index (χ0n) is 15.0. The molecule has 1 aromatic carbocycles. The molecule has 0 radical (unpaired) electrons. The fraction of sp³-hybridized carbons (Fsp3) is 0.611. The second-order valence-electron chi connectivity index (χ2n) is 7.65. The molecule has 0 aromatic heterocycles. The maximum atomic E-state index is 12.3. The molecule has 138 valence electrons. The molecule has 3 rings (SSSR count). The van der Waals surface area contributed by atoms with Gasteiger partial charge in [0.2, 0.25) is 0 Å². The Hall–Kier alpha value is -1.60. The van der Waals surface area contributed by atoms with Crippen LogP contribution in [0.25, 0.3) is 0 Å². The van der Waals surface area contributed by atoms with Crippen molar-refractivity contribution < 1.29 is 22.7 Å². The zero-order valence-corrected chi connectivity index (χ0v) is 15.9. The fourth-order valence-corrected chi connectivity index (χ4v) is 4.65. The van der Waals surface area contributed by atoms with Gasteiger partial charge in [0, 0.05) is 6.42 Å². The third-order valence-electron chi connectivity index (χ3n) is 5.54. The number of carbonyl (C=O) groups excluding carboxylic acids is 1. The molecule has 6 nitrogen and oxygen atoms in total. The minimum atomic E-state index is -3.95. The minimum Gasteiger partial charge on any atom is -0.442 e. The Bertz CT molecular complexity index is 773. The molecule has 2 bridgehead atoms. The van der Waals surface area contributed by atoms with Gasteiger partial charge >= 0.3 is 6.09 Å². The van der Waals surface area contributed by atoms with Crippen molar-refractivity contribution in [1.82, 2.24) is 4.72 Å². The summed E-state index contributed by atoms with van der Waals surface area (Å²) in [5, 5.41) is 0. The van der Waals surface area contributed by atoms with Crippen LogP contribution in [0.1, 0.15) is 45.6 Å². The van der Waals surface area contributed by atoms with Crippen LogP contribution in [-0.4, -0.2) is 31.8 Å². The number of amides is 1. The van der Waals surface area contributed by atoms with E-state index in [1.54, 1.807) is 12.1 Å². The standard InChI is InChI=1S/C18H25NO5S/c1-12(2)18-10-9-17(4,24-18)15(11-18)23-16(20)19-25(21,22)14-7-5-13(3)6-8-14/h5-8,12,15H,9-11H2,1-4H3,(H,19,20)/t15-,17+,18+/m0/s1. The third kappa shape index (κ3) is 3.27. The summed E-state index contributed by atoms with van der Waals surface area (Å²) < 4.78 is 38.2. The Morgan fingerprint density at radius 3 is 2.48 bits per heavy atom. The monoisotopic (exact) mass is 367 g/mol. The molecule has 25 heavy (non-hydrogen) atoms. The molecule has 2 aliphatic heterocycles. The first-order valence-electron chi connectivity index (χ1n) is 8.57. The number of nitrogens with one attached hydrogen (secondary N) is 1. The summed E-state index contributed by atoms with van der Waals surface area (Å²) in [6.07, 6.45) is 0.927. The number of aryl methyl sites for hydroxylation is 1. The molecule has 2 saturated heterocycles. The largest absolute Gasteiger partial charge is 0.442 e. The lowest BCUT2D eigenvalue weighted by atomic mass is 9.75. The Kier molecular flexibility index (Phi) is 4.36. The lowest BCUT2D eigenvalue weighted by molar-refractivity contribution is -0.0813. The molecule has 2 fully saturated rings. The number of fused-ring (bicyclic) bond motifs is 2. The molecular weight excluding hydrogens is 342 g/mol. The quantitative estimate of drug-likeness (QED) is 0.884. The number of hydrogen-bond acceptors (Lipinski definition) is 5. The van der Waals surface area contributed by atoms with Crippen LogP contribution >= 0.6 is 0 Å². The highest BCUT2D eigenvalue weighted by atomic mass is 32.2. The van der Waals surface area contributed by atoms with E-state index in [0.717, 1.165) is 18.4 Å². The van der Waals surface area contributed by atoms with Gasteiger partial charge in [0.05, 0.1) is 10.5 Å². The fourth-order valence-electron chi connectivity index (χ4n) is 3.77. The van der Waals surface area contributed by atoms with Gasteiger partial charge in [-0.2, -0.15) is 0 Å². The van der Waals surface area contributed by atoms with Crippen molar-refractivity contribution in [1.29, 1.82) is 0 Å². The van der Waals surface area contributed by atoms with Gasteiger partial charge in [-0.15, -0.1) is 0 Å². The molecule has 7 heteroatoms. The number of hydrogen-bond donors (Lipinski definition) is 1. The van der Waals surface area contributed by atoms with Crippen molar-refractivity contribution in [3.8, 4) is 0 Å². The second kappa shape index (κ2) is 5.99.